The van der Waals surface area contributed by atoms with E-state index >= 15 is 0 Å². The zero-order chi connectivity index (χ0) is 19.4. The molecule has 1 N–H and O–H groups in total. The Balaban J connectivity index is 1.72. The van der Waals surface area contributed by atoms with E-state index in [1.165, 1.54) is 24.3 Å². The third-order valence-corrected chi connectivity index (χ3v) is 6.40. The molecule has 0 spiro atoms. The number of carbonyl (C=O) groups excluding carboxylic acids is 1. The fourth-order valence-electron chi connectivity index (χ4n) is 2.99. The molecule has 3 rings (SSSR count). The summed E-state index contributed by atoms with van der Waals surface area (Å²) in [6, 6.07) is 13.3. The van der Waals surface area contributed by atoms with Crippen LogP contribution in [0.4, 0.5) is 11.4 Å². The van der Waals surface area contributed by atoms with Crippen LogP contribution in [0.1, 0.15) is 0 Å². The topological polar surface area (TPSA) is 69.7 Å². The van der Waals surface area contributed by atoms with E-state index in [1.54, 1.807) is 6.07 Å². The highest BCUT2D eigenvalue weighted by atomic mass is 35.5. The van der Waals surface area contributed by atoms with Crippen molar-refractivity contribution in [3.63, 3.8) is 0 Å². The van der Waals surface area contributed by atoms with Crippen molar-refractivity contribution in [2.45, 2.75) is 4.90 Å². The lowest BCUT2D eigenvalue weighted by Gasteiger charge is -2.35. The molecule has 1 amide bonds. The Kier molecular flexibility index (Phi) is 6.04. The van der Waals surface area contributed by atoms with E-state index in [0.717, 1.165) is 31.9 Å². The molecule has 1 aliphatic heterocycles. The van der Waals surface area contributed by atoms with Crippen LogP contribution >= 0.6 is 11.6 Å². The van der Waals surface area contributed by atoms with Gasteiger partial charge in [0.1, 0.15) is 5.75 Å². The fourth-order valence-corrected chi connectivity index (χ4v) is 4.25. The number of nitrogens with zero attached hydrogens (tertiary/aromatic N) is 2. The van der Waals surface area contributed by atoms with Gasteiger partial charge in [0, 0.05) is 31.2 Å². The molecule has 0 radical (unpaired) electrons. The smallest absolute Gasteiger partial charge is 0.240 e. The predicted molar refractivity (Wildman–Crippen MR) is 108 cm³/mol. The normalized spacial score (nSPS) is 15.6. The van der Waals surface area contributed by atoms with Crippen molar-refractivity contribution < 1.29 is 13.2 Å². The fraction of sp³-hybridized carbons (Fsp3) is 0.316. The Morgan fingerprint density at radius 3 is 2.33 bits per heavy atom. The lowest BCUT2D eigenvalue weighted by atomic mass is 10.2. The molecule has 1 fully saturated rings. The van der Waals surface area contributed by atoms with Crippen LogP contribution in [-0.4, -0.2) is 58.2 Å². The van der Waals surface area contributed by atoms with Crippen molar-refractivity contribution >= 4 is 38.7 Å². The standard InChI is InChI=1S/C19H22ClN3O3S/c1-22-10-12-23(13-11-22)18-5-3-2-4-17(18)21-19(24)14-27(25,26)16-8-6-15(20)7-9-16/h2-9H,10-14H2,1H3,(H,21,24). The molecule has 8 heteroatoms. The van der Waals surface area contributed by atoms with Gasteiger partial charge in [0.2, 0.25) is 5.91 Å². The number of amides is 1. The van der Waals surface area contributed by atoms with E-state index in [1.807, 2.05) is 18.2 Å². The van der Waals surface area contributed by atoms with Gasteiger partial charge < -0.3 is 15.1 Å². The number of para-hydroxylation sites is 2. The molecule has 0 unspecified atom stereocenters. The summed E-state index contributed by atoms with van der Waals surface area (Å²) < 4.78 is 24.9. The summed E-state index contributed by atoms with van der Waals surface area (Å²) in [4.78, 5) is 16.9. The van der Waals surface area contributed by atoms with Crippen LogP contribution < -0.4 is 10.2 Å². The summed E-state index contributed by atoms with van der Waals surface area (Å²) in [5.41, 5.74) is 1.53. The average Bonchev–Trinajstić information content (AvgIpc) is 2.63. The van der Waals surface area contributed by atoms with Crippen LogP contribution in [0.2, 0.25) is 5.02 Å². The van der Waals surface area contributed by atoms with Gasteiger partial charge in [-0.05, 0) is 43.4 Å². The SMILES string of the molecule is CN1CCN(c2ccccc2NC(=O)CS(=O)(=O)c2ccc(Cl)cc2)CC1. The largest absolute Gasteiger partial charge is 0.367 e. The maximum Gasteiger partial charge on any atom is 0.240 e. The first-order valence-corrected chi connectivity index (χ1v) is 10.7. The van der Waals surface area contributed by atoms with Gasteiger partial charge in [0.15, 0.2) is 9.84 Å². The lowest BCUT2D eigenvalue weighted by molar-refractivity contribution is -0.113. The highest BCUT2D eigenvalue weighted by Gasteiger charge is 2.22. The molecule has 2 aromatic carbocycles. The number of rotatable bonds is 5. The second-order valence-electron chi connectivity index (χ2n) is 6.57. The number of halogens is 1. The maximum atomic E-state index is 12.4. The molecule has 0 bridgehead atoms. The van der Waals surface area contributed by atoms with Crippen molar-refractivity contribution in [1.29, 1.82) is 0 Å². The minimum atomic E-state index is -3.73. The van der Waals surface area contributed by atoms with E-state index in [9.17, 15) is 13.2 Å². The highest BCUT2D eigenvalue weighted by Crippen LogP contribution is 2.26. The van der Waals surface area contributed by atoms with Gasteiger partial charge >= 0.3 is 0 Å². The lowest BCUT2D eigenvalue weighted by Crippen LogP contribution is -2.44. The van der Waals surface area contributed by atoms with Crippen molar-refractivity contribution in [2.24, 2.45) is 0 Å². The summed E-state index contributed by atoms with van der Waals surface area (Å²) >= 11 is 5.79. The molecule has 27 heavy (non-hydrogen) atoms. The zero-order valence-corrected chi connectivity index (χ0v) is 16.6. The van der Waals surface area contributed by atoms with Crippen LogP contribution in [0, 0.1) is 0 Å². The maximum absolute atomic E-state index is 12.4. The van der Waals surface area contributed by atoms with Crippen LogP contribution in [0.25, 0.3) is 0 Å². The molecule has 2 aromatic rings. The van der Waals surface area contributed by atoms with Gasteiger partial charge in [0.05, 0.1) is 16.3 Å². The molecular weight excluding hydrogens is 386 g/mol. The Hall–Kier alpha value is -2.09. The number of sulfone groups is 1. The number of benzene rings is 2. The Morgan fingerprint density at radius 2 is 1.67 bits per heavy atom. The molecule has 0 saturated carbocycles. The summed E-state index contributed by atoms with van der Waals surface area (Å²) in [7, 11) is -1.66. The quantitative estimate of drug-likeness (QED) is 0.824. The molecule has 0 atom stereocenters. The molecule has 144 valence electrons. The van der Waals surface area contributed by atoms with Crippen LogP contribution in [0.3, 0.4) is 0 Å². The summed E-state index contributed by atoms with van der Waals surface area (Å²) in [6.07, 6.45) is 0. The predicted octanol–water partition coefficient (Wildman–Crippen LogP) is 2.50. The Bertz CT molecular complexity index is 908. The van der Waals surface area contributed by atoms with Crippen molar-refractivity contribution in [2.75, 3.05) is 49.2 Å². The van der Waals surface area contributed by atoms with Crippen molar-refractivity contribution in [3.05, 3.63) is 53.6 Å². The molecule has 0 aromatic heterocycles. The van der Waals surface area contributed by atoms with Crippen LogP contribution in [0.5, 0.6) is 0 Å². The number of anilines is 2. The second-order valence-corrected chi connectivity index (χ2v) is 8.99. The first-order valence-electron chi connectivity index (χ1n) is 8.66. The molecule has 1 saturated heterocycles. The number of nitrogens with one attached hydrogen (secondary N) is 1. The van der Waals surface area contributed by atoms with Gasteiger partial charge in [-0.15, -0.1) is 0 Å². The Morgan fingerprint density at radius 1 is 1.04 bits per heavy atom. The first-order chi connectivity index (χ1) is 12.8. The summed E-state index contributed by atoms with van der Waals surface area (Å²) in [6.45, 7) is 3.58. The third-order valence-electron chi connectivity index (χ3n) is 4.52. The number of likely N-dealkylation sites (N-methyl/N-ethyl adjacent to an activating group) is 1. The zero-order valence-electron chi connectivity index (χ0n) is 15.1. The minimum Gasteiger partial charge on any atom is -0.367 e. The number of hydrogen-bond donors (Lipinski definition) is 1. The van der Waals surface area contributed by atoms with E-state index in [-0.39, 0.29) is 4.90 Å². The highest BCUT2D eigenvalue weighted by molar-refractivity contribution is 7.92. The monoisotopic (exact) mass is 407 g/mol. The van der Waals surface area contributed by atoms with Gasteiger partial charge in [-0.25, -0.2) is 8.42 Å². The van der Waals surface area contributed by atoms with E-state index in [4.69, 9.17) is 11.6 Å². The number of hydrogen-bond acceptors (Lipinski definition) is 5. The third kappa shape index (κ3) is 5.00. The molecule has 1 heterocycles. The number of piperazine rings is 1. The van der Waals surface area contributed by atoms with Gasteiger partial charge in [0.25, 0.3) is 0 Å². The van der Waals surface area contributed by atoms with E-state index in [0.29, 0.717) is 10.7 Å². The van der Waals surface area contributed by atoms with E-state index < -0.39 is 21.5 Å². The van der Waals surface area contributed by atoms with Crippen molar-refractivity contribution in [3.8, 4) is 0 Å². The van der Waals surface area contributed by atoms with Crippen LogP contribution in [0.15, 0.2) is 53.4 Å². The molecular formula is C19H22ClN3O3S. The molecule has 1 aliphatic rings. The van der Waals surface area contributed by atoms with Gasteiger partial charge in [-0.2, -0.15) is 0 Å². The van der Waals surface area contributed by atoms with Gasteiger partial charge in [-0.3, -0.25) is 4.79 Å². The summed E-state index contributed by atoms with van der Waals surface area (Å²) in [5, 5.41) is 3.20. The Labute approximate surface area is 164 Å². The van der Waals surface area contributed by atoms with E-state index in [2.05, 4.69) is 22.2 Å². The van der Waals surface area contributed by atoms with Crippen molar-refractivity contribution in [1.82, 2.24) is 4.90 Å². The molecule has 6 nitrogen and oxygen atoms in total. The second kappa shape index (κ2) is 8.29. The van der Waals surface area contributed by atoms with Crippen LogP contribution in [-0.2, 0) is 14.6 Å². The number of carbonyl (C=O) groups is 1. The average molecular weight is 408 g/mol. The molecule has 0 aliphatic carbocycles. The van der Waals surface area contributed by atoms with Gasteiger partial charge in [-0.1, -0.05) is 23.7 Å². The minimum absolute atomic E-state index is 0.0782. The first kappa shape index (κ1) is 19.7. The summed E-state index contributed by atoms with van der Waals surface area (Å²) in [5.74, 6) is -1.18.